The maximum absolute atomic E-state index is 9.06. The number of tetrazole rings is 1. The van der Waals surface area contributed by atoms with Crippen LogP contribution in [0.4, 0.5) is 0 Å². The van der Waals surface area contributed by atoms with Crippen LogP contribution < -0.4 is 0 Å². The Labute approximate surface area is 139 Å². The van der Waals surface area contributed by atoms with Crippen LogP contribution in [0.1, 0.15) is 43.6 Å². The fraction of sp³-hybridized carbons (Fsp3) is 0.533. The molecule has 1 aliphatic rings. The largest absolute Gasteiger partial charge is 0.296 e. The van der Waals surface area contributed by atoms with Gasteiger partial charge in [0.15, 0.2) is 17.3 Å². The first-order chi connectivity index (χ1) is 11.2. The van der Waals surface area contributed by atoms with E-state index < -0.39 is 0 Å². The molecule has 0 spiro atoms. The van der Waals surface area contributed by atoms with E-state index in [1.807, 2.05) is 6.07 Å². The van der Waals surface area contributed by atoms with Gasteiger partial charge < -0.3 is 0 Å². The number of halogens is 1. The summed E-state index contributed by atoms with van der Waals surface area (Å²) in [7, 11) is 2.10. The van der Waals surface area contributed by atoms with Crippen molar-refractivity contribution in [1.82, 2.24) is 30.1 Å². The lowest BCUT2D eigenvalue weighted by atomic mass is 9.94. The normalized spacial score (nSPS) is 15.7. The van der Waals surface area contributed by atoms with Crippen molar-refractivity contribution in [2.75, 3.05) is 7.05 Å². The molecule has 0 bridgehead atoms. The standard InChI is InChI=1S/C15H18ClN7/c1-22(11-5-3-2-4-6-11)10-15-19-20-21-23(15)14-8-7-12(16)13(9-17)18-14/h7-8,11H,2-6,10H2,1H3. The number of rotatable bonds is 4. The Morgan fingerprint density at radius 2 is 2.13 bits per heavy atom. The fourth-order valence-electron chi connectivity index (χ4n) is 2.98. The number of nitrogens with zero attached hydrogens (tertiary/aromatic N) is 7. The summed E-state index contributed by atoms with van der Waals surface area (Å²) in [6, 6.07) is 5.89. The molecule has 0 radical (unpaired) electrons. The number of hydrogen-bond donors (Lipinski definition) is 0. The van der Waals surface area contributed by atoms with Crippen LogP contribution in [0.15, 0.2) is 12.1 Å². The average Bonchev–Trinajstić information content (AvgIpc) is 3.04. The predicted octanol–water partition coefficient (Wildman–Crippen LogP) is 2.35. The Bertz CT molecular complexity index is 715. The number of hydrogen-bond acceptors (Lipinski definition) is 6. The highest BCUT2D eigenvalue weighted by Crippen LogP contribution is 2.23. The smallest absolute Gasteiger partial charge is 0.172 e. The molecular weight excluding hydrogens is 314 g/mol. The van der Waals surface area contributed by atoms with Gasteiger partial charge in [0, 0.05) is 6.04 Å². The lowest BCUT2D eigenvalue weighted by molar-refractivity contribution is 0.179. The van der Waals surface area contributed by atoms with Gasteiger partial charge in [-0.25, -0.2) is 4.98 Å². The molecule has 0 saturated heterocycles. The molecule has 7 nitrogen and oxygen atoms in total. The number of aromatic nitrogens is 5. The first-order valence-corrected chi connectivity index (χ1v) is 8.11. The molecule has 2 aromatic heterocycles. The van der Waals surface area contributed by atoms with Gasteiger partial charge in [-0.3, -0.25) is 4.90 Å². The van der Waals surface area contributed by atoms with Crippen molar-refractivity contribution in [3.05, 3.63) is 28.7 Å². The van der Waals surface area contributed by atoms with Gasteiger partial charge in [-0.1, -0.05) is 30.9 Å². The van der Waals surface area contributed by atoms with Gasteiger partial charge >= 0.3 is 0 Å². The van der Waals surface area contributed by atoms with E-state index >= 15 is 0 Å². The third kappa shape index (κ3) is 3.49. The van der Waals surface area contributed by atoms with Gasteiger partial charge in [-0.2, -0.15) is 9.94 Å². The molecule has 1 saturated carbocycles. The molecular formula is C15H18ClN7. The molecule has 0 amide bonds. The summed E-state index contributed by atoms with van der Waals surface area (Å²) in [6.45, 7) is 0.643. The second kappa shape index (κ2) is 7.02. The summed E-state index contributed by atoms with van der Waals surface area (Å²) in [4.78, 5) is 6.52. The first kappa shape index (κ1) is 15.8. The lowest BCUT2D eigenvalue weighted by Gasteiger charge is -2.30. The highest BCUT2D eigenvalue weighted by atomic mass is 35.5. The molecule has 2 heterocycles. The Morgan fingerprint density at radius 3 is 2.87 bits per heavy atom. The van der Waals surface area contributed by atoms with Gasteiger partial charge in [0.1, 0.15) is 6.07 Å². The fourth-order valence-corrected chi connectivity index (χ4v) is 3.13. The molecule has 0 atom stereocenters. The Balaban J connectivity index is 1.81. The molecule has 0 N–H and O–H groups in total. The SMILES string of the molecule is CN(Cc1nnnn1-c1ccc(Cl)c(C#N)n1)C1CCCCC1. The highest BCUT2D eigenvalue weighted by Gasteiger charge is 2.21. The second-order valence-electron chi connectivity index (χ2n) is 5.83. The molecule has 1 fully saturated rings. The molecule has 2 aromatic rings. The highest BCUT2D eigenvalue weighted by molar-refractivity contribution is 6.31. The number of pyridine rings is 1. The molecule has 0 aromatic carbocycles. The Hall–Kier alpha value is -2.04. The van der Waals surface area contributed by atoms with Crippen LogP contribution in [0.25, 0.3) is 5.82 Å². The van der Waals surface area contributed by atoms with Crippen molar-refractivity contribution in [1.29, 1.82) is 5.26 Å². The molecule has 0 aliphatic heterocycles. The molecule has 120 valence electrons. The van der Waals surface area contributed by atoms with Crippen molar-refractivity contribution < 1.29 is 0 Å². The average molecular weight is 332 g/mol. The van der Waals surface area contributed by atoms with Crippen molar-refractivity contribution in [2.45, 2.75) is 44.7 Å². The molecule has 3 rings (SSSR count). The summed E-state index contributed by atoms with van der Waals surface area (Å²) < 4.78 is 1.57. The van der Waals surface area contributed by atoms with E-state index in [0.29, 0.717) is 29.3 Å². The van der Waals surface area contributed by atoms with Crippen LogP contribution in [0.3, 0.4) is 0 Å². The lowest BCUT2D eigenvalue weighted by Crippen LogP contribution is -2.33. The van der Waals surface area contributed by atoms with Crippen molar-refractivity contribution in [3.8, 4) is 11.9 Å². The third-order valence-electron chi connectivity index (χ3n) is 4.28. The molecule has 23 heavy (non-hydrogen) atoms. The summed E-state index contributed by atoms with van der Waals surface area (Å²) in [6.07, 6.45) is 6.33. The van der Waals surface area contributed by atoms with E-state index in [2.05, 4.69) is 32.5 Å². The van der Waals surface area contributed by atoms with E-state index in [9.17, 15) is 0 Å². The van der Waals surface area contributed by atoms with Crippen LogP contribution in [-0.4, -0.2) is 43.2 Å². The van der Waals surface area contributed by atoms with Crippen LogP contribution in [0, 0.1) is 11.3 Å². The third-order valence-corrected chi connectivity index (χ3v) is 4.58. The quantitative estimate of drug-likeness (QED) is 0.855. The van der Waals surface area contributed by atoms with Gasteiger partial charge in [-0.05, 0) is 42.4 Å². The minimum atomic E-state index is 0.172. The summed E-state index contributed by atoms with van der Waals surface area (Å²) in [5.41, 5.74) is 0.172. The summed E-state index contributed by atoms with van der Waals surface area (Å²) in [5, 5.41) is 21.3. The Morgan fingerprint density at radius 1 is 1.35 bits per heavy atom. The zero-order chi connectivity index (χ0) is 16.2. The minimum absolute atomic E-state index is 0.172. The Kier molecular flexibility index (Phi) is 4.84. The predicted molar refractivity (Wildman–Crippen MR) is 85.0 cm³/mol. The summed E-state index contributed by atoms with van der Waals surface area (Å²) in [5.74, 6) is 1.21. The zero-order valence-electron chi connectivity index (χ0n) is 13.0. The maximum Gasteiger partial charge on any atom is 0.172 e. The maximum atomic E-state index is 9.06. The van der Waals surface area contributed by atoms with Gasteiger partial charge in [0.05, 0.1) is 11.6 Å². The van der Waals surface area contributed by atoms with E-state index in [-0.39, 0.29) is 5.69 Å². The van der Waals surface area contributed by atoms with Crippen molar-refractivity contribution in [3.63, 3.8) is 0 Å². The van der Waals surface area contributed by atoms with Crippen LogP contribution in [-0.2, 0) is 6.54 Å². The number of nitriles is 1. The van der Waals surface area contributed by atoms with E-state index in [0.717, 1.165) is 0 Å². The van der Waals surface area contributed by atoms with Gasteiger partial charge in [0.25, 0.3) is 0 Å². The topological polar surface area (TPSA) is 83.5 Å². The van der Waals surface area contributed by atoms with Crippen molar-refractivity contribution >= 4 is 11.6 Å². The second-order valence-corrected chi connectivity index (χ2v) is 6.23. The van der Waals surface area contributed by atoms with E-state index in [1.165, 1.54) is 32.1 Å². The van der Waals surface area contributed by atoms with Gasteiger partial charge in [0.2, 0.25) is 0 Å². The minimum Gasteiger partial charge on any atom is -0.296 e. The molecule has 1 aliphatic carbocycles. The van der Waals surface area contributed by atoms with Gasteiger partial charge in [-0.15, -0.1) is 5.10 Å². The molecule has 0 unspecified atom stereocenters. The first-order valence-electron chi connectivity index (χ1n) is 7.73. The zero-order valence-corrected chi connectivity index (χ0v) is 13.7. The van der Waals surface area contributed by atoms with E-state index in [1.54, 1.807) is 16.8 Å². The van der Waals surface area contributed by atoms with Crippen LogP contribution >= 0.6 is 11.6 Å². The van der Waals surface area contributed by atoms with Crippen molar-refractivity contribution in [2.24, 2.45) is 0 Å². The summed E-state index contributed by atoms with van der Waals surface area (Å²) >= 11 is 5.93. The van der Waals surface area contributed by atoms with Crippen LogP contribution in [0.2, 0.25) is 5.02 Å². The molecule has 8 heteroatoms. The van der Waals surface area contributed by atoms with Crippen LogP contribution in [0.5, 0.6) is 0 Å². The van der Waals surface area contributed by atoms with E-state index in [4.69, 9.17) is 16.9 Å². The monoisotopic (exact) mass is 331 g/mol.